The number of aromatic nitrogens is 1. The Morgan fingerprint density at radius 2 is 2.25 bits per heavy atom. The monoisotopic (exact) mass is 257 g/mol. The first-order chi connectivity index (χ1) is 7.86. The minimum Gasteiger partial charge on any atom is -0.260 e. The predicted molar refractivity (Wildman–Crippen MR) is 74.3 cm³/mol. The van der Waals surface area contributed by atoms with Crippen molar-refractivity contribution in [1.29, 1.82) is 0 Å². The Morgan fingerprint density at radius 1 is 1.38 bits per heavy atom. The Kier molecular flexibility index (Phi) is 7.69. The second-order valence-electron chi connectivity index (χ2n) is 3.85. The van der Waals surface area contributed by atoms with Crippen molar-refractivity contribution in [3.8, 4) is 0 Å². The van der Waals surface area contributed by atoms with Gasteiger partial charge in [-0.25, -0.2) is 0 Å². The van der Waals surface area contributed by atoms with Crippen LogP contribution in [0.3, 0.4) is 0 Å². The molecule has 1 nitrogen and oxygen atoms in total. The van der Waals surface area contributed by atoms with E-state index in [-0.39, 0.29) is 0 Å². The summed E-state index contributed by atoms with van der Waals surface area (Å²) in [6, 6.07) is 4.37. The fraction of sp³-hybridized carbons (Fsp3) is 0.615. The highest BCUT2D eigenvalue weighted by molar-refractivity contribution is 7.98. The summed E-state index contributed by atoms with van der Waals surface area (Å²) in [5.41, 5.74) is 2.62. The number of hydrogen-bond acceptors (Lipinski definition) is 2. The van der Waals surface area contributed by atoms with Gasteiger partial charge in [-0.15, -0.1) is 11.6 Å². The zero-order chi connectivity index (χ0) is 11.6. The van der Waals surface area contributed by atoms with Crippen LogP contribution in [0, 0.1) is 0 Å². The molecule has 0 unspecified atom stereocenters. The van der Waals surface area contributed by atoms with Crippen LogP contribution >= 0.6 is 23.4 Å². The third-order valence-electron chi connectivity index (χ3n) is 2.37. The molecule has 0 amide bonds. The number of unbranched alkanes of at least 4 members (excludes halogenated alkanes) is 1. The van der Waals surface area contributed by atoms with Crippen LogP contribution in [0.1, 0.15) is 37.4 Å². The summed E-state index contributed by atoms with van der Waals surface area (Å²) in [5, 5.41) is 0. The lowest BCUT2D eigenvalue weighted by atomic mass is 10.1. The summed E-state index contributed by atoms with van der Waals surface area (Å²) in [7, 11) is 0. The van der Waals surface area contributed by atoms with Gasteiger partial charge in [0.1, 0.15) is 0 Å². The molecule has 0 radical (unpaired) electrons. The fourth-order valence-corrected chi connectivity index (χ4v) is 2.63. The maximum absolute atomic E-state index is 5.64. The molecule has 1 aromatic rings. The van der Waals surface area contributed by atoms with Crippen molar-refractivity contribution >= 4 is 23.4 Å². The van der Waals surface area contributed by atoms with Crippen LogP contribution < -0.4 is 0 Å². The minimum absolute atomic E-state index is 0.761. The molecule has 0 atom stereocenters. The van der Waals surface area contributed by atoms with Crippen molar-refractivity contribution in [2.45, 2.75) is 38.4 Å². The predicted octanol–water partition coefficient (Wildman–Crippen LogP) is 4.29. The number of rotatable bonds is 8. The molecular formula is C13H20ClNS. The Labute approximate surface area is 108 Å². The van der Waals surface area contributed by atoms with E-state index in [1.807, 2.05) is 18.0 Å². The van der Waals surface area contributed by atoms with Gasteiger partial charge < -0.3 is 0 Å². The molecule has 1 aromatic heterocycles. The van der Waals surface area contributed by atoms with Crippen molar-refractivity contribution in [3.63, 3.8) is 0 Å². The lowest BCUT2D eigenvalue weighted by Gasteiger charge is -2.03. The van der Waals surface area contributed by atoms with Crippen LogP contribution in [0.25, 0.3) is 0 Å². The molecule has 1 heterocycles. The standard InChI is InChI=1S/C13H20ClNS/c1-2-3-5-12-6-8-15-13(10-12)11-16-9-4-7-14/h6,8,10H,2-5,7,9,11H2,1H3. The van der Waals surface area contributed by atoms with Gasteiger partial charge in [0.05, 0.1) is 5.69 Å². The summed E-state index contributed by atoms with van der Waals surface area (Å²) in [6.07, 6.45) is 6.72. The summed E-state index contributed by atoms with van der Waals surface area (Å²) in [4.78, 5) is 4.39. The van der Waals surface area contributed by atoms with Crippen LogP contribution in [-0.4, -0.2) is 16.6 Å². The molecule has 0 aromatic carbocycles. The van der Waals surface area contributed by atoms with Crippen molar-refractivity contribution < 1.29 is 0 Å². The maximum atomic E-state index is 5.64. The Bertz CT molecular complexity index is 291. The van der Waals surface area contributed by atoms with Crippen molar-refractivity contribution in [1.82, 2.24) is 4.98 Å². The van der Waals surface area contributed by atoms with Crippen molar-refractivity contribution in [2.24, 2.45) is 0 Å². The van der Waals surface area contributed by atoms with E-state index in [2.05, 4.69) is 24.0 Å². The molecule has 0 fully saturated rings. The number of pyridine rings is 1. The lowest BCUT2D eigenvalue weighted by molar-refractivity contribution is 0.792. The van der Waals surface area contributed by atoms with E-state index in [0.717, 1.165) is 23.8 Å². The van der Waals surface area contributed by atoms with E-state index in [9.17, 15) is 0 Å². The average molecular weight is 258 g/mol. The van der Waals surface area contributed by atoms with Gasteiger partial charge in [0.25, 0.3) is 0 Å². The largest absolute Gasteiger partial charge is 0.260 e. The minimum atomic E-state index is 0.761. The lowest BCUT2D eigenvalue weighted by Crippen LogP contribution is -1.92. The van der Waals surface area contributed by atoms with Gasteiger partial charge in [0.2, 0.25) is 0 Å². The molecule has 0 aliphatic rings. The van der Waals surface area contributed by atoms with Gasteiger partial charge in [-0.2, -0.15) is 11.8 Å². The molecule has 0 aliphatic carbocycles. The quantitative estimate of drug-likeness (QED) is 0.509. The molecule has 0 saturated carbocycles. The van der Waals surface area contributed by atoms with Gasteiger partial charge in [-0.05, 0) is 42.7 Å². The van der Waals surface area contributed by atoms with Crippen LogP contribution in [0.2, 0.25) is 0 Å². The highest BCUT2D eigenvalue weighted by atomic mass is 35.5. The van der Waals surface area contributed by atoms with Crippen LogP contribution in [0.4, 0.5) is 0 Å². The van der Waals surface area contributed by atoms with Gasteiger partial charge in [0, 0.05) is 17.8 Å². The summed E-state index contributed by atoms with van der Waals surface area (Å²) in [6.45, 7) is 2.23. The highest BCUT2D eigenvalue weighted by Crippen LogP contribution is 2.13. The van der Waals surface area contributed by atoms with Gasteiger partial charge >= 0.3 is 0 Å². The molecule has 0 N–H and O–H groups in total. The summed E-state index contributed by atoms with van der Waals surface area (Å²) < 4.78 is 0. The molecular weight excluding hydrogens is 238 g/mol. The molecule has 0 saturated heterocycles. The molecule has 0 bridgehead atoms. The van der Waals surface area contributed by atoms with Gasteiger partial charge in [-0.3, -0.25) is 4.98 Å². The first-order valence-electron chi connectivity index (χ1n) is 5.94. The zero-order valence-corrected chi connectivity index (χ0v) is 11.5. The first kappa shape index (κ1) is 13.9. The number of halogens is 1. The maximum Gasteiger partial charge on any atom is 0.0505 e. The number of thioether (sulfide) groups is 1. The number of aryl methyl sites for hydroxylation is 1. The molecule has 0 spiro atoms. The number of hydrogen-bond donors (Lipinski definition) is 0. The average Bonchev–Trinajstić information content (AvgIpc) is 2.33. The first-order valence-corrected chi connectivity index (χ1v) is 7.63. The van der Waals surface area contributed by atoms with Gasteiger partial charge in [0.15, 0.2) is 0 Å². The third-order valence-corrected chi connectivity index (χ3v) is 3.72. The SMILES string of the molecule is CCCCc1ccnc(CSCCCCl)c1. The Hall–Kier alpha value is -0.210. The van der Waals surface area contributed by atoms with Crippen LogP contribution in [0.5, 0.6) is 0 Å². The molecule has 16 heavy (non-hydrogen) atoms. The third kappa shape index (κ3) is 5.76. The Balaban J connectivity index is 2.35. The smallest absolute Gasteiger partial charge is 0.0505 e. The molecule has 0 aliphatic heterocycles. The zero-order valence-electron chi connectivity index (χ0n) is 9.92. The normalized spacial score (nSPS) is 10.6. The van der Waals surface area contributed by atoms with E-state index < -0.39 is 0 Å². The van der Waals surface area contributed by atoms with Crippen LogP contribution in [-0.2, 0) is 12.2 Å². The highest BCUT2D eigenvalue weighted by Gasteiger charge is 1.98. The van der Waals surface area contributed by atoms with Crippen LogP contribution in [0.15, 0.2) is 18.3 Å². The van der Waals surface area contributed by atoms with E-state index in [1.165, 1.54) is 30.5 Å². The Morgan fingerprint density at radius 3 is 3.00 bits per heavy atom. The fourth-order valence-electron chi connectivity index (χ4n) is 1.48. The second kappa shape index (κ2) is 8.89. The van der Waals surface area contributed by atoms with Gasteiger partial charge in [-0.1, -0.05) is 13.3 Å². The second-order valence-corrected chi connectivity index (χ2v) is 5.34. The molecule has 90 valence electrons. The topological polar surface area (TPSA) is 12.9 Å². The van der Waals surface area contributed by atoms with E-state index in [1.54, 1.807) is 0 Å². The van der Waals surface area contributed by atoms with E-state index in [0.29, 0.717) is 0 Å². The van der Waals surface area contributed by atoms with E-state index >= 15 is 0 Å². The number of alkyl halides is 1. The number of nitrogens with zero attached hydrogens (tertiary/aromatic N) is 1. The molecule has 3 heteroatoms. The molecule has 1 rings (SSSR count). The van der Waals surface area contributed by atoms with Crippen molar-refractivity contribution in [3.05, 3.63) is 29.6 Å². The summed E-state index contributed by atoms with van der Waals surface area (Å²) >= 11 is 7.55. The summed E-state index contributed by atoms with van der Waals surface area (Å²) in [5.74, 6) is 2.90. The van der Waals surface area contributed by atoms with Crippen molar-refractivity contribution in [2.75, 3.05) is 11.6 Å². The van der Waals surface area contributed by atoms with E-state index in [4.69, 9.17) is 11.6 Å².